The summed E-state index contributed by atoms with van der Waals surface area (Å²) in [7, 11) is -1.74. The number of nitrogens with one attached hydrogen (secondary N) is 1. The number of carbonyl (C=O) groups is 4. The van der Waals surface area contributed by atoms with E-state index in [9.17, 15) is 23.4 Å². The second-order valence-corrected chi connectivity index (χ2v) is 13.8. The SMILES string of the molecule is CC(C)(C)OC(=O)N[C@@H]1C(=O)N2C(C(=O)OC(c3ccccc3)c3ccccc3)=C(/C=C3\CCN(c4ccccn4)C3=O)C[S@@](=O)[C@H]12. The van der Waals surface area contributed by atoms with Crippen LogP contribution in [0.2, 0.25) is 0 Å². The van der Waals surface area contributed by atoms with Crippen molar-refractivity contribution in [3.8, 4) is 0 Å². The summed E-state index contributed by atoms with van der Waals surface area (Å²) < 4.78 is 25.1. The molecule has 2 fully saturated rings. The van der Waals surface area contributed by atoms with Crippen LogP contribution in [0.5, 0.6) is 0 Å². The maximum absolute atomic E-state index is 14.2. The standard InChI is InChI=1S/C35H34N4O7S/c1-35(2,3)46-34(43)37-27-31(41)39-28(33(42)45-29(22-12-6-4-7-13-22)23-14-8-5-9-15-23)25(21-47(44)32(27)39)20-24-17-19-38(30(24)40)26-16-10-11-18-36-26/h4-16,18,20,27,29,32H,17,19,21H2,1-3H3,(H,37,43)/b24-20+/t27-,32-,47-/m1/s1. The fourth-order valence-corrected chi connectivity index (χ4v) is 7.41. The van der Waals surface area contributed by atoms with Gasteiger partial charge in [-0.2, -0.15) is 0 Å². The number of anilines is 1. The van der Waals surface area contributed by atoms with Gasteiger partial charge >= 0.3 is 12.1 Å². The van der Waals surface area contributed by atoms with E-state index < -0.39 is 51.9 Å². The summed E-state index contributed by atoms with van der Waals surface area (Å²) in [6.45, 7) is 5.43. The topological polar surface area (TPSA) is 135 Å². The van der Waals surface area contributed by atoms with Gasteiger partial charge in [0.05, 0.1) is 16.6 Å². The Hall–Kier alpha value is -5.10. The van der Waals surface area contributed by atoms with Crippen LogP contribution < -0.4 is 10.2 Å². The molecule has 242 valence electrons. The molecule has 0 radical (unpaired) electrons. The Labute approximate surface area is 274 Å². The van der Waals surface area contributed by atoms with Crippen LogP contribution in [0.3, 0.4) is 0 Å². The third kappa shape index (κ3) is 6.59. The zero-order chi connectivity index (χ0) is 33.3. The molecule has 0 bridgehead atoms. The van der Waals surface area contributed by atoms with E-state index >= 15 is 0 Å². The monoisotopic (exact) mass is 654 g/mol. The van der Waals surface area contributed by atoms with Crippen LogP contribution in [-0.4, -0.2) is 67.3 Å². The van der Waals surface area contributed by atoms with Crippen molar-refractivity contribution in [2.45, 2.75) is 50.3 Å². The first-order chi connectivity index (χ1) is 22.5. The van der Waals surface area contributed by atoms with Crippen LogP contribution in [0.25, 0.3) is 0 Å². The predicted octanol–water partition coefficient (Wildman–Crippen LogP) is 4.16. The summed E-state index contributed by atoms with van der Waals surface area (Å²) in [5.41, 5.74) is 1.09. The van der Waals surface area contributed by atoms with E-state index in [1.807, 2.05) is 60.7 Å². The predicted molar refractivity (Wildman–Crippen MR) is 174 cm³/mol. The second kappa shape index (κ2) is 13.0. The highest BCUT2D eigenvalue weighted by Gasteiger charge is 2.58. The number of β-lactam (4-membered cyclic amide) rings is 1. The Morgan fingerprint density at radius 1 is 0.979 bits per heavy atom. The largest absolute Gasteiger partial charge is 0.448 e. The molecular weight excluding hydrogens is 620 g/mol. The molecule has 1 aromatic heterocycles. The number of carbonyl (C=O) groups excluding carboxylic acids is 4. The van der Waals surface area contributed by atoms with Crippen LogP contribution in [0.15, 0.2) is 108 Å². The first-order valence-electron chi connectivity index (χ1n) is 15.2. The van der Waals surface area contributed by atoms with Crippen molar-refractivity contribution in [1.82, 2.24) is 15.2 Å². The number of hydrogen-bond donors (Lipinski definition) is 1. The molecule has 12 heteroatoms. The summed E-state index contributed by atoms with van der Waals surface area (Å²) in [6.07, 6.45) is 1.83. The van der Waals surface area contributed by atoms with Gasteiger partial charge in [0, 0.05) is 18.3 Å². The number of aromatic nitrogens is 1. The lowest BCUT2D eigenvalue weighted by molar-refractivity contribution is -0.153. The summed E-state index contributed by atoms with van der Waals surface area (Å²) in [4.78, 5) is 60.9. The van der Waals surface area contributed by atoms with E-state index in [1.54, 1.807) is 45.2 Å². The molecule has 0 unspecified atom stereocenters. The van der Waals surface area contributed by atoms with E-state index in [4.69, 9.17) is 9.47 Å². The molecule has 0 saturated carbocycles. The average Bonchev–Trinajstić information content (AvgIpc) is 3.41. The van der Waals surface area contributed by atoms with Crippen LogP contribution >= 0.6 is 0 Å². The van der Waals surface area contributed by atoms with Crippen molar-refractivity contribution >= 4 is 40.5 Å². The molecule has 0 aliphatic carbocycles. The number of nitrogens with zero attached hydrogens (tertiary/aromatic N) is 3. The lowest BCUT2D eigenvalue weighted by atomic mass is 10.00. The van der Waals surface area contributed by atoms with Gasteiger partial charge in [-0.05, 0) is 62.1 Å². The molecule has 2 aromatic carbocycles. The lowest BCUT2D eigenvalue weighted by Crippen LogP contribution is -2.73. The number of esters is 1. The molecule has 3 amide bonds. The molecule has 3 aliphatic heterocycles. The van der Waals surface area contributed by atoms with Crippen molar-refractivity contribution in [3.05, 3.63) is 119 Å². The quantitative estimate of drug-likeness (QED) is 0.228. The van der Waals surface area contributed by atoms with Gasteiger partial charge in [-0.25, -0.2) is 14.6 Å². The Balaban J connectivity index is 1.37. The van der Waals surface area contributed by atoms with Gasteiger partial charge < -0.3 is 14.8 Å². The molecule has 3 atom stereocenters. The minimum absolute atomic E-state index is 0.115. The van der Waals surface area contributed by atoms with Crippen LogP contribution in [-0.2, 0) is 34.7 Å². The van der Waals surface area contributed by atoms with Crippen LogP contribution in [0.4, 0.5) is 10.6 Å². The van der Waals surface area contributed by atoms with E-state index in [0.717, 1.165) is 4.90 Å². The van der Waals surface area contributed by atoms with Gasteiger partial charge in [-0.15, -0.1) is 0 Å². The highest BCUT2D eigenvalue weighted by molar-refractivity contribution is 7.86. The summed E-state index contributed by atoms with van der Waals surface area (Å²) in [5, 5.41) is 1.49. The maximum Gasteiger partial charge on any atom is 0.408 e. The third-order valence-corrected chi connectivity index (χ3v) is 9.47. The van der Waals surface area contributed by atoms with Crippen LogP contribution in [0.1, 0.15) is 44.4 Å². The number of ether oxygens (including phenoxy) is 2. The lowest BCUT2D eigenvalue weighted by Gasteiger charge is -2.49. The van der Waals surface area contributed by atoms with Crippen molar-refractivity contribution in [2.24, 2.45) is 0 Å². The van der Waals surface area contributed by atoms with E-state index in [1.165, 1.54) is 11.0 Å². The van der Waals surface area contributed by atoms with Crippen molar-refractivity contribution in [2.75, 3.05) is 17.2 Å². The number of alkyl carbamates (subject to hydrolysis) is 1. The van der Waals surface area contributed by atoms with Crippen molar-refractivity contribution in [1.29, 1.82) is 0 Å². The highest BCUT2D eigenvalue weighted by Crippen LogP contribution is 2.38. The molecule has 3 aliphatic rings. The molecule has 0 spiro atoms. The third-order valence-electron chi connectivity index (χ3n) is 7.85. The van der Waals surface area contributed by atoms with Gasteiger partial charge in [0.2, 0.25) is 0 Å². The first kappa shape index (κ1) is 31.9. The molecular formula is C35H34N4O7S. The normalized spacial score (nSPS) is 21.9. The van der Waals surface area contributed by atoms with Crippen molar-refractivity contribution in [3.63, 3.8) is 0 Å². The molecule has 2 saturated heterocycles. The van der Waals surface area contributed by atoms with E-state index in [2.05, 4.69) is 10.3 Å². The zero-order valence-electron chi connectivity index (χ0n) is 26.1. The second-order valence-electron chi connectivity index (χ2n) is 12.3. The zero-order valence-corrected chi connectivity index (χ0v) is 26.9. The maximum atomic E-state index is 14.2. The van der Waals surface area contributed by atoms with Gasteiger partial charge in [-0.1, -0.05) is 66.7 Å². The van der Waals surface area contributed by atoms with Crippen molar-refractivity contribution < 1.29 is 32.9 Å². The average molecular weight is 655 g/mol. The van der Waals surface area contributed by atoms with E-state index in [-0.39, 0.29) is 22.9 Å². The molecule has 6 rings (SSSR count). The van der Waals surface area contributed by atoms with E-state index in [0.29, 0.717) is 35.5 Å². The van der Waals surface area contributed by atoms with Crippen LogP contribution in [0, 0.1) is 0 Å². The van der Waals surface area contributed by atoms with Gasteiger partial charge in [-0.3, -0.25) is 23.6 Å². The Kier molecular flexibility index (Phi) is 8.78. The number of pyridine rings is 1. The fraction of sp³-hybridized carbons (Fsp3) is 0.286. The van der Waals surface area contributed by atoms with Gasteiger partial charge in [0.15, 0.2) is 6.10 Å². The molecule has 47 heavy (non-hydrogen) atoms. The number of allylic oxidation sites excluding steroid dienone is 1. The number of amides is 3. The number of fused-ring (bicyclic) bond motifs is 1. The number of rotatable bonds is 7. The minimum atomic E-state index is -1.74. The fourth-order valence-electron chi connectivity index (χ4n) is 5.78. The minimum Gasteiger partial charge on any atom is -0.448 e. The Bertz CT molecular complexity index is 1750. The summed E-state index contributed by atoms with van der Waals surface area (Å²) >= 11 is 0. The molecule has 1 N–H and O–H groups in total. The van der Waals surface area contributed by atoms with Gasteiger partial charge in [0.1, 0.15) is 28.5 Å². The smallest absolute Gasteiger partial charge is 0.408 e. The van der Waals surface area contributed by atoms with Gasteiger partial charge in [0.25, 0.3) is 11.8 Å². The number of benzene rings is 2. The highest BCUT2D eigenvalue weighted by atomic mass is 32.2. The first-order valence-corrected chi connectivity index (χ1v) is 16.6. The summed E-state index contributed by atoms with van der Waals surface area (Å²) in [6, 6.07) is 22.5. The molecule has 11 nitrogen and oxygen atoms in total. The number of hydrogen-bond acceptors (Lipinski definition) is 8. The Morgan fingerprint density at radius 2 is 1.62 bits per heavy atom. The summed E-state index contributed by atoms with van der Waals surface area (Å²) in [5.74, 6) is -1.42. The molecule has 3 aromatic rings. The Morgan fingerprint density at radius 3 is 2.21 bits per heavy atom. The molecule has 4 heterocycles.